The van der Waals surface area contributed by atoms with Gasteiger partial charge in [-0.2, -0.15) is 0 Å². The van der Waals surface area contributed by atoms with Gasteiger partial charge >= 0.3 is 0 Å². The second kappa shape index (κ2) is 6.80. The summed E-state index contributed by atoms with van der Waals surface area (Å²) >= 11 is 1.24. The van der Waals surface area contributed by atoms with Crippen LogP contribution in [0.15, 0.2) is 30.5 Å². The molecule has 0 saturated carbocycles. The number of halogens is 1. The van der Waals surface area contributed by atoms with E-state index < -0.39 is 5.82 Å². The number of aliphatic hydroxyl groups is 1. The molecule has 0 unspecified atom stereocenters. The third kappa shape index (κ3) is 3.88. The fourth-order valence-corrected chi connectivity index (χ4v) is 2.05. The Morgan fingerprint density at radius 1 is 1.40 bits per heavy atom. The van der Waals surface area contributed by atoms with Gasteiger partial charge in [0.2, 0.25) is 0 Å². The Balaban J connectivity index is 2.02. The van der Waals surface area contributed by atoms with Crippen LogP contribution < -0.4 is 5.32 Å². The standard InChI is InChI=1S/C14H11FN2O2S/c15-11-6-4-10(5-7-11)13(19)17-14-16-9-12(20-14)3-1-2-8-18/h4-7,9,18H,2,8H2,(H,16,17,19). The molecular weight excluding hydrogens is 279 g/mol. The van der Waals surface area contributed by atoms with Gasteiger partial charge in [-0.3, -0.25) is 10.1 Å². The summed E-state index contributed by atoms with van der Waals surface area (Å²) in [5.74, 6) is 4.86. The maximum absolute atomic E-state index is 12.8. The minimum absolute atomic E-state index is 0.0139. The van der Waals surface area contributed by atoms with Gasteiger partial charge in [0.1, 0.15) is 5.82 Å². The molecule has 1 amide bonds. The number of carbonyl (C=O) groups is 1. The normalized spacial score (nSPS) is 9.70. The van der Waals surface area contributed by atoms with Crippen molar-refractivity contribution in [2.24, 2.45) is 0 Å². The largest absolute Gasteiger partial charge is 0.395 e. The van der Waals surface area contributed by atoms with E-state index in [1.54, 1.807) is 6.20 Å². The van der Waals surface area contributed by atoms with Crippen molar-refractivity contribution in [1.29, 1.82) is 0 Å². The Morgan fingerprint density at radius 2 is 2.15 bits per heavy atom. The van der Waals surface area contributed by atoms with Crippen LogP contribution in [0.2, 0.25) is 0 Å². The van der Waals surface area contributed by atoms with E-state index in [0.717, 1.165) is 0 Å². The summed E-state index contributed by atoms with van der Waals surface area (Å²) in [6.45, 7) is 0.0139. The first kappa shape index (κ1) is 14.2. The van der Waals surface area contributed by atoms with E-state index in [0.29, 0.717) is 22.0 Å². The molecule has 0 aliphatic heterocycles. The van der Waals surface area contributed by atoms with Gasteiger partial charge in [0.15, 0.2) is 5.13 Å². The molecular formula is C14H11FN2O2S. The number of thiazole rings is 1. The van der Waals surface area contributed by atoms with E-state index >= 15 is 0 Å². The van der Waals surface area contributed by atoms with Crippen LogP contribution in [0.1, 0.15) is 21.7 Å². The first-order valence-electron chi connectivity index (χ1n) is 5.81. The Labute approximate surface area is 119 Å². The Bertz CT molecular complexity index is 656. The number of nitrogens with zero attached hydrogens (tertiary/aromatic N) is 1. The van der Waals surface area contributed by atoms with Crippen LogP contribution in [-0.4, -0.2) is 22.6 Å². The van der Waals surface area contributed by atoms with Gasteiger partial charge in [-0.05, 0) is 24.3 Å². The van der Waals surface area contributed by atoms with Crippen molar-refractivity contribution in [3.05, 3.63) is 46.7 Å². The molecule has 102 valence electrons. The molecule has 2 N–H and O–H groups in total. The summed E-state index contributed by atoms with van der Waals surface area (Å²) in [5, 5.41) is 11.7. The molecule has 1 aromatic heterocycles. The first-order chi connectivity index (χ1) is 9.69. The van der Waals surface area contributed by atoms with E-state index in [1.807, 2.05) is 0 Å². The number of anilines is 1. The highest BCUT2D eigenvalue weighted by molar-refractivity contribution is 7.16. The molecule has 4 nitrogen and oxygen atoms in total. The lowest BCUT2D eigenvalue weighted by molar-refractivity contribution is 0.102. The van der Waals surface area contributed by atoms with Crippen LogP contribution in [0.25, 0.3) is 0 Å². The quantitative estimate of drug-likeness (QED) is 0.852. The highest BCUT2D eigenvalue weighted by Crippen LogP contribution is 2.18. The second-order valence-electron chi connectivity index (χ2n) is 3.77. The molecule has 1 heterocycles. The summed E-state index contributed by atoms with van der Waals surface area (Å²) in [7, 11) is 0. The third-order valence-corrected chi connectivity index (χ3v) is 3.11. The molecule has 0 spiro atoms. The van der Waals surface area contributed by atoms with Gasteiger partial charge in [-0.25, -0.2) is 9.37 Å². The fourth-order valence-electron chi connectivity index (χ4n) is 1.37. The zero-order valence-corrected chi connectivity index (χ0v) is 11.2. The SMILES string of the molecule is O=C(Nc1ncc(C#CCCO)s1)c1ccc(F)cc1. The first-order valence-corrected chi connectivity index (χ1v) is 6.63. The number of aromatic nitrogens is 1. The van der Waals surface area contributed by atoms with Crippen molar-refractivity contribution in [2.45, 2.75) is 6.42 Å². The van der Waals surface area contributed by atoms with Gasteiger partial charge in [-0.1, -0.05) is 23.2 Å². The molecule has 0 radical (unpaired) electrons. The summed E-state index contributed by atoms with van der Waals surface area (Å²) in [6.07, 6.45) is 1.95. The van der Waals surface area contributed by atoms with Crippen molar-refractivity contribution in [1.82, 2.24) is 4.98 Å². The molecule has 6 heteroatoms. The van der Waals surface area contributed by atoms with E-state index in [1.165, 1.54) is 35.6 Å². The third-order valence-electron chi connectivity index (χ3n) is 2.28. The van der Waals surface area contributed by atoms with E-state index in [2.05, 4.69) is 22.1 Å². The second-order valence-corrected chi connectivity index (χ2v) is 4.80. The minimum atomic E-state index is -0.391. The predicted molar refractivity (Wildman–Crippen MR) is 75.0 cm³/mol. The number of hydrogen-bond acceptors (Lipinski definition) is 4. The minimum Gasteiger partial charge on any atom is -0.395 e. The molecule has 2 aromatic rings. The average molecular weight is 290 g/mol. The molecule has 0 saturated heterocycles. The zero-order valence-electron chi connectivity index (χ0n) is 10.4. The average Bonchev–Trinajstić information content (AvgIpc) is 2.87. The van der Waals surface area contributed by atoms with Crippen molar-refractivity contribution in [2.75, 3.05) is 11.9 Å². The molecule has 0 aliphatic carbocycles. The van der Waals surface area contributed by atoms with Gasteiger partial charge in [0.25, 0.3) is 5.91 Å². The van der Waals surface area contributed by atoms with Crippen LogP contribution >= 0.6 is 11.3 Å². The predicted octanol–water partition coefficient (Wildman–Crippen LogP) is 2.27. The summed E-state index contributed by atoms with van der Waals surface area (Å²) in [4.78, 5) is 16.6. The van der Waals surface area contributed by atoms with Crippen molar-refractivity contribution in [3.8, 4) is 11.8 Å². The topological polar surface area (TPSA) is 62.2 Å². The number of hydrogen-bond donors (Lipinski definition) is 2. The highest BCUT2D eigenvalue weighted by atomic mass is 32.1. The maximum Gasteiger partial charge on any atom is 0.257 e. The number of amides is 1. The Hall–Kier alpha value is -2.23. The number of aliphatic hydroxyl groups excluding tert-OH is 1. The molecule has 2 rings (SSSR count). The van der Waals surface area contributed by atoms with Gasteiger partial charge in [0, 0.05) is 12.0 Å². The van der Waals surface area contributed by atoms with Crippen molar-refractivity contribution < 1.29 is 14.3 Å². The summed E-state index contributed by atoms with van der Waals surface area (Å²) in [6, 6.07) is 5.26. The number of rotatable bonds is 3. The van der Waals surface area contributed by atoms with Crippen molar-refractivity contribution in [3.63, 3.8) is 0 Å². The van der Waals surface area contributed by atoms with Crippen LogP contribution in [0.3, 0.4) is 0 Å². The Morgan fingerprint density at radius 3 is 2.85 bits per heavy atom. The van der Waals surface area contributed by atoms with E-state index in [-0.39, 0.29) is 12.5 Å². The lowest BCUT2D eigenvalue weighted by Gasteiger charge is -2.00. The highest BCUT2D eigenvalue weighted by Gasteiger charge is 2.08. The zero-order chi connectivity index (χ0) is 14.4. The van der Waals surface area contributed by atoms with E-state index in [4.69, 9.17) is 5.11 Å². The van der Waals surface area contributed by atoms with E-state index in [9.17, 15) is 9.18 Å². The molecule has 0 atom stereocenters. The van der Waals surface area contributed by atoms with Crippen LogP contribution in [-0.2, 0) is 0 Å². The molecule has 20 heavy (non-hydrogen) atoms. The van der Waals surface area contributed by atoms with Crippen LogP contribution in [0, 0.1) is 17.7 Å². The molecule has 0 fully saturated rings. The van der Waals surface area contributed by atoms with Gasteiger partial charge in [-0.15, -0.1) is 0 Å². The lowest BCUT2D eigenvalue weighted by atomic mass is 10.2. The van der Waals surface area contributed by atoms with Crippen molar-refractivity contribution >= 4 is 22.4 Å². The number of benzene rings is 1. The molecule has 0 aliphatic rings. The van der Waals surface area contributed by atoms with Crippen LogP contribution in [0.4, 0.5) is 9.52 Å². The van der Waals surface area contributed by atoms with Gasteiger partial charge < -0.3 is 5.11 Å². The number of carbonyl (C=O) groups excluding carboxylic acids is 1. The fraction of sp³-hybridized carbons (Fsp3) is 0.143. The van der Waals surface area contributed by atoms with Gasteiger partial charge in [0.05, 0.1) is 17.7 Å². The summed E-state index contributed by atoms with van der Waals surface area (Å²) < 4.78 is 12.8. The van der Waals surface area contributed by atoms with Crippen LogP contribution in [0.5, 0.6) is 0 Å². The number of nitrogens with one attached hydrogen (secondary N) is 1. The monoisotopic (exact) mass is 290 g/mol. The summed E-state index contributed by atoms with van der Waals surface area (Å²) in [5.41, 5.74) is 0.356. The lowest BCUT2D eigenvalue weighted by Crippen LogP contribution is -2.11. The molecule has 0 bridgehead atoms. The maximum atomic E-state index is 12.8. The molecule has 1 aromatic carbocycles. The smallest absolute Gasteiger partial charge is 0.257 e. The Kier molecular flexibility index (Phi) is 4.82.